The van der Waals surface area contributed by atoms with E-state index in [1.165, 1.54) is 0 Å². The van der Waals surface area contributed by atoms with Gasteiger partial charge in [-0.15, -0.1) is 0 Å². The molecule has 26 heavy (non-hydrogen) atoms. The zero-order valence-electron chi connectivity index (χ0n) is 15.0. The number of hydrogen-bond acceptors (Lipinski definition) is 3. The van der Waals surface area contributed by atoms with Crippen molar-refractivity contribution in [2.24, 2.45) is 5.41 Å². The lowest BCUT2D eigenvalue weighted by molar-refractivity contribution is -0.134. The Hall–Kier alpha value is -2.57. The number of nitrogens with zero attached hydrogens (tertiary/aromatic N) is 3. The predicted octanol–water partition coefficient (Wildman–Crippen LogP) is 1.19. The molecule has 0 unspecified atom stereocenters. The first-order chi connectivity index (χ1) is 12.5. The van der Waals surface area contributed by atoms with Gasteiger partial charge in [-0.05, 0) is 30.9 Å². The Balaban J connectivity index is 1.50. The van der Waals surface area contributed by atoms with Crippen molar-refractivity contribution in [1.29, 1.82) is 0 Å². The van der Waals surface area contributed by atoms with E-state index in [-0.39, 0.29) is 24.4 Å². The van der Waals surface area contributed by atoms with E-state index in [2.05, 4.69) is 5.32 Å². The molecule has 4 amide bonds. The van der Waals surface area contributed by atoms with E-state index >= 15 is 0 Å². The van der Waals surface area contributed by atoms with Crippen LogP contribution in [0, 0.1) is 5.41 Å². The molecule has 3 aliphatic rings. The summed E-state index contributed by atoms with van der Waals surface area (Å²) in [5.41, 5.74) is 1.40. The zero-order chi connectivity index (χ0) is 18.3. The Labute approximate surface area is 152 Å². The molecule has 7 nitrogen and oxygen atoms in total. The average Bonchev–Trinajstić information content (AvgIpc) is 3.07. The molecule has 0 aromatic heterocycles. The van der Waals surface area contributed by atoms with Crippen molar-refractivity contribution in [2.45, 2.75) is 25.8 Å². The number of likely N-dealkylation sites (tertiary alicyclic amines) is 1. The van der Waals surface area contributed by atoms with Crippen molar-refractivity contribution >= 4 is 23.5 Å². The van der Waals surface area contributed by atoms with Crippen LogP contribution in [0.4, 0.5) is 10.5 Å². The number of piperidine rings is 1. The van der Waals surface area contributed by atoms with Crippen molar-refractivity contribution in [3.05, 3.63) is 29.8 Å². The van der Waals surface area contributed by atoms with Crippen LogP contribution in [-0.2, 0) is 16.1 Å². The van der Waals surface area contributed by atoms with E-state index in [4.69, 9.17) is 0 Å². The van der Waals surface area contributed by atoms with Gasteiger partial charge in [-0.25, -0.2) is 4.79 Å². The van der Waals surface area contributed by atoms with Gasteiger partial charge in [-0.3, -0.25) is 14.5 Å². The van der Waals surface area contributed by atoms with Gasteiger partial charge < -0.3 is 15.1 Å². The molecule has 0 radical (unpaired) electrons. The lowest BCUT2D eigenvalue weighted by Crippen LogP contribution is -2.51. The Morgan fingerprint density at radius 1 is 1.23 bits per heavy atom. The van der Waals surface area contributed by atoms with Crippen LogP contribution in [0.3, 0.4) is 0 Å². The third-order valence-corrected chi connectivity index (χ3v) is 5.85. The van der Waals surface area contributed by atoms with Crippen LogP contribution in [0.5, 0.6) is 0 Å². The zero-order valence-corrected chi connectivity index (χ0v) is 15.0. The predicted molar refractivity (Wildman–Crippen MR) is 96.5 cm³/mol. The quantitative estimate of drug-likeness (QED) is 0.865. The maximum atomic E-state index is 12.9. The molecule has 1 spiro atoms. The summed E-state index contributed by atoms with van der Waals surface area (Å²) in [6, 6.07) is 7.52. The second-order valence-corrected chi connectivity index (χ2v) is 7.56. The van der Waals surface area contributed by atoms with Crippen LogP contribution in [0.1, 0.15) is 24.8 Å². The van der Waals surface area contributed by atoms with Crippen LogP contribution in [0.2, 0.25) is 0 Å². The van der Waals surface area contributed by atoms with Gasteiger partial charge in [0.1, 0.15) is 6.54 Å². The van der Waals surface area contributed by atoms with E-state index in [0.29, 0.717) is 26.1 Å². The van der Waals surface area contributed by atoms with Gasteiger partial charge in [0.05, 0.1) is 11.1 Å². The number of amides is 4. The van der Waals surface area contributed by atoms with E-state index in [0.717, 1.165) is 30.6 Å². The second-order valence-electron chi connectivity index (χ2n) is 7.56. The highest BCUT2D eigenvalue weighted by Gasteiger charge is 2.47. The Bertz CT molecular complexity index is 765. The third-order valence-electron chi connectivity index (χ3n) is 5.85. The SMILES string of the molecule is CN1Cc2ccccc2N(CC(=O)N2CC[C@@]3(CCCNC3=O)C2)C1=O. The third kappa shape index (κ3) is 2.71. The topological polar surface area (TPSA) is 73.0 Å². The molecular weight excluding hydrogens is 332 g/mol. The Morgan fingerprint density at radius 2 is 2.04 bits per heavy atom. The van der Waals surface area contributed by atoms with Gasteiger partial charge in [0.2, 0.25) is 11.8 Å². The lowest BCUT2D eigenvalue weighted by Gasteiger charge is -2.36. The van der Waals surface area contributed by atoms with Gasteiger partial charge in [0.15, 0.2) is 0 Å². The number of fused-ring (bicyclic) bond motifs is 1. The number of para-hydroxylation sites is 1. The van der Waals surface area contributed by atoms with Crippen molar-refractivity contribution in [1.82, 2.24) is 15.1 Å². The molecule has 0 bridgehead atoms. The van der Waals surface area contributed by atoms with Crippen LogP contribution in [0.25, 0.3) is 0 Å². The minimum absolute atomic E-state index is 0.0118. The summed E-state index contributed by atoms with van der Waals surface area (Å²) in [6.45, 7) is 2.31. The molecule has 0 aliphatic carbocycles. The van der Waals surface area contributed by atoms with Crippen LogP contribution in [-0.4, -0.2) is 60.9 Å². The molecule has 4 rings (SSSR count). The number of carbonyl (C=O) groups is 3. The molecule has 2 fully saturated rings. The largest absolute Gasteiger partial charge is 0.356 e. The number of anilines is 1. The minimum Gasteiger partial charge on any atom is -0.356 e. The van der Waals surface area contributed by atoms with Crippen molar-refractivity contribution in [3.8, 4) is 0 Å². The van der Waals surface area contributed by atoms with Crippen molar-refractivity contribution in [3.63, 3.8) is 0 Å². The first-order valence-electron chi connectivity index (χ1n) is 9.17. The Morgan fingerprint density at radius 3 is 2.85 bits per heavy atom. The Kier molecular flexibility index (Phi) is 4.09. The molecule has 7 heteroatoms. The standard InChI is InChI=1S/C19H24N4O3/c1-21-11-14-5-2-3-6-15(14)23(18(21)26)12-16(24)22-10-8-19(13-22)7-4-9-20-17(19)25/h2-3,5-6H,4,7-13H2,1H3,(H,20,25)/t19-/m0/s1. The van der Waals surface area contributed by atoms with Gasteiger partial charge in [-0.1, -0.05) is 18.2 Å². The van der Waals surface area contributed by atoms with Gasteiger partial charge in [0.25, 0.3) is 0 Å². The molecule has 2 saturated heterocycles. The van der Waals surface area contributed by atoms with Crippen LogP contribution in [0.15, 0.2) is 24.3 Å². The number of nitrogens with one attached hydrogen (secondary N) is 1. The summed E-state index contributed by atoms with van der Waals surface area (Å²) in [7, 11) is 1.74. The minimum atomic E-state index is -0.436. The van der Waals surface area contributed by atoms with Crippen LogP contribution >= 0.6 is 0 Å². The second kappa shape index (κ2) is 6.30. The summed E-state index contributed by atoms with van der Waals surface area (Å²) in [4.78, 5) is 42.7. The number of rotatable bonds is 2. The van der Waals surface area contributed by atoms with Crippen molar-refractivity contribution in [2.75, 3.05) is 38.1 Å². The van der Waals surface area contributed by atoms with E-state index in [1.807, 2.05) is 24.3 Å². The average molecular weight is 356 g/mol. The van der Waals surface area contributed by atoms with E-state index in [9.17, 15) is 14.4 Å². The van der Waals surface area contributed by atoms with Gasteiger partial charge >= 0.3 is 6.03 Å². The molecule has 138 valence electrons. The van der Waals surface area contributed by atoms with E-state index in [1.54, 1.807) is 21.7 Å². The fourth-order valence-corrected chi connectivity index (χ4v) is 4.33. The maximum Gasteiger partial charge on any atom is 0.325 e. The molecular formula is C19H24N4O3. The highest BCUT2D eigenvalue weighted by Crippen LogP contribution is 2.37. The summed E-state index contributed by atoms with van der Waals surface area (Å²) in [5, 5.41) is 2.93. The fraction of sp³-hybridized carbons (Fsp3) is 0.526. The molecule has 1 aromatic carbocycles. The number of carbonyl (C=O) groups excluding carboxylic acids is 3. The fourth-order valence-electron chi connectivity index (χ4n) is 4.33. The number of hydrogen-bond donors (Lipinski definition) is 1. The molecule has 3 aliphatic heterocycles. The molecule has 0 saturated carbocycles. The highest BCUT2D eigenvalue weighted by atomic mass is 16.2. The van der Waals surface area contributed by atoms with Crippen LogP contribution < -0.4 is 10.2 Å². The maximum absolute atomic E-state index is 12.9. The summed E-state index contributed by atoms with van der Waals surface area (Å²) < 4.78 is 0. The number of benzene rings is 1. The highest BCUT2D eigenvalue weighted by molar-refractivity contribution is 6.00. The summed E-state index contributed by atoms with van der Waals surface area (Å²) >= 11 is 0. The van der Waals surface area contributed by atoms with Gasteiger partial charge in [0, 0.05) is 33.2 Å². The molecule has 1 N–H and O–H groups in total. The molecule has 1 atom stereocenters. The van der Waals surface area contributed by atoms with E-state index < -0.39 is 5.41 Å². The normalized spacial score (nSPS) is 25.5. The molecule has 3 heterocycles. The first kappa shape index (κ1) is 16.9. The first-order valence-corrected chi connectivity index (χ1v) is 9.17. The molecule has 1 aromatic rings. The summed E-state index contributed by atoms with van der Waals surface area (Å²) in [5.74, 6) is -0.0307. The van der Waals surface area contributed by atoms with Crippen molar-refractivity contribution < 1.29 is 14.4 Å². The number of urea groups is 1. The monoisotopic (exact) mass is 356 g/mol. The lowest BCUT2D eigenvalue weighted by atomic mass is 9.79. The van der Waals surface area contributed by atoms with Gasteiger partial charge in [-0.2, -0.15) is 0 Å². The smallest absolute Gasteiger partial charge is 0.325 e. The summed E-state index contributed by atoms with van der Waals surface area (Å²) in [6.07, 6.45) is 2.49.